The molecule has 0 saturated carbocycles. The van der Waals surface area contributed by atoms with Gasteiger partial charge in [0.05, 0.1) is 5.75 Å². The van der Waals surface area contributed by atoms with Gasteiger partial charge in [-0.2, -0.15) is 8.42 Å². The Morgan fingerprint density at radius 2 is 1.00 bits per heavy atom. The first kappa shape index (κ1) is 23.6. The third-order valence-corrected chi connectivity index (χ3v) is 5.22. The quantitative estimate of drug-likeness (QED) is 0.168. The van der Waals surface area contributed by atoms with Crippen LogP contribution in [0.15, 0.2) is 12.2 Å². The minimum atomic E-state index is -3.78. The van der Waals surface area contributed by atoms with Crippen molar-refractivity contribution in [2.75, 3.05) is 5.75 Å². The standard InChI is InChI=1S/C20H40O3S/c1-2-3-4-5-6-7-8-9-10-11-12-13-14-15-16-17-18-19-20-24(21,22)23/h16-17H,2-15,18-20H2,1H3,(H,21,22,23). The van der Waals surface area contributed by atoms with E-state index in [0.29, 0.717) is 6.42 Å². The van der Waals surface area contributed by atoms with Crippen LogP contribution in [0.25, 0.3) is 0 Å². The van der Waals surface area contributed by atoms with E-state index < -0.39 is 10.1 Å². The molecule has 0 atom stereocenters. The molecule has 1 N–H and O–H groups in total. The van der Waals surface area contributed by atoms with E-state index >= 15 is 0 Å². The number of hydrogen-bond donors (Lipinski definition) is 1. The molecule has 0 fully saturated rings. The highest BCUT2D eigenvalue weighted by Crippen LogP contribution is 2.13. The first-order valence-electron chi connectivity index (χ1n) is 10.2. The normalized spacial score (nSPS) is 12.2. The van der Waals surface area contributed by atoms with Gasteiger partial charge in [0.15, 0.2) is 0 Å². The van der Waals surface area contributed by atoms with Crippen LogP contribution in [0, 0.1) is 0 Å². The predicted molar refractivity (Wildman–Crippen MR) is 105 cm³/mol. The number of rotatable bonds is 18. The molecule has 24 heavy (non-hydrogen) atoms. The van der Waals surface area contributed by atoms with Crippen molar-refractivity contribution in [3.63, 3.8) is 0 Å². The largest absolute Gasteiger partial charge is 0.286 e. The Morgan fingerprint density at radius 1 is 0.625 bits per heavy atom. The maximum Gasteiger partial charge on any atom is 0.264 e. The van der Waals surface area contributed by atoms with E-state index in [2.05, 4.69) is 13.0 Å². The molecule has 0 radical (unpaired) electrons. The van der Waals surface area contributed by atoms with Gasteiger partial charge in [-0.3, -0.25) is 4.55 Å². The molecule has 0 bridgehead atoms. The second-order valence-electron chi connectivity index (χ2n) is 6.93. The van der Waals surface area contributed by atoms with Gasteiger partial charge in [0.2, 0.25) is 0 Å². The Hall–Kier alpha value is -0.350. The van der Waals surface area contributed by atoms with Crippen LogP contribution in [0.3, 0.4) is 0 Å². The molecule has 144 valence electrons. The summed E-state index contributed by atoms with van der Waals surface area (Å²) < 4.78 is 29.7. The Bertz CT molecular complexity index is 374. The van der Waals surface area contributed by atoms with Crippen LogP contribution >= 0.6 is 0 Å². The molecule has 0 heterocycles. The minimum absolute atomic E-state index is 0.129. The van der Waals surface area contributed by atoms with Crippen LogP contribution in [0.5, 0.6) is 0 Å². The van der Waals surface area contributed by atoms with Crippen LogP contribution in [0.4, 0.5) is 0 Å². The summed E-state index contributed by atoms with van der Waals surface area (Å²) in [5.74, 6) is -0.129. The second-order valence-corrected chi connectivity index (χ2v) is 8.50. The van der Waals surface area contributed by atoms with Gasteiger partial charge in [0.1, 0.15) is 0 Å². The molecule has 0 unspecified atom stereocenters. The Morgan fingerprint density at radius 3 is 1.42 bits per heavy atom. The average molecular weight is 361 g/mol. The van der Waals surface area contributed by atoms with E-state index in [9.17, 15) is 8.42 Å². The van der Waals surface area contributed by atoms with Crippen LogP contribution in [0.1, 0.15) is 110 Å². The van der Waals surface area contributed by atoms with Crippen LogP contribution in [-0.2, 0) is 10.1 Å². The first-order chi connectivity index (χ1) is 11.6. The summed E-state index contributed by atoms with van der Waals surface area (Å²) in [6.45, 7) is 2.27. The van der Waals surface area contributed by atoms with Gasteiger partial charge in [-0.1, -0.05) is 96.1 Å². The number of allylic oxidation sites excluding steroid dienone is 2. The third-order valence-electron chi connectivity index (χ3n) is 4.41. The lowest BCUT2D eigenvalue weighted by molar-refractivity contribution is 0.481. The van der Waals surface area contributed by atoms with E-state index in [1.54, 1.807) is 0 Å². The van der Waals surface area contributed by atoms with E-state index in [-0.39, 0.29) is 5.75 Å². The van der Waals surface area contributed by atoms with Gasteiger partial charge >= 0.3 is 0 Å². The van der Waals surface area contributed by atoms with E-state index in [1.165, 1.54) is 83.5 Å². The van der Waals surface area contributed by atoms with E-state index in [0.717, 1.165) is 12.8 Å². The highest BCUT2D eigenvalue weighted by atomic mass is 32.2. The van der Waals surface area contributed by atoms with Gasteiger partial charge in [0.25, 0.3) is 10.1 Å². The molecule has 0 aromatic rings. The van der Waals surface area contributed by atoms with Crippen molar-refractivity contribution in [3.05, 3.63) is 12.2 Å². The third kappa shape index (κ3) is 21.6. The molecule has 0 aliphatic carbocycles. The van der Waals surface area contributed by atoms with Crippen molar-refractivity contribution >= 4 is 10.1 Å². The molecule has 0 aliphatic rings. The smallest absolute Gasteiger partial charge is 0.264 e. The summed E-state index contributed by atoms with van der Waals surface area (Å²) >= 11 is 0. The molecule has 0 aromatic heterocycles. The van der Waals surface area contributed by atoms with Crippen molar-refractivity contribution in [1.82, 2.24) is 0 Å². The Balaban J connectivity index is 3.12. The highest BCUT2D eigenvalue weighted by Gasteiger charge is 2.01. The van der Waals surface area contributed by atoms with Gasteiger partial charge in [-0.15, -0.1) is 0 Å². The van der Waals surface area contributed by atoms with Gasteiger partial charge in [-0.05, 0) is 25.7 Å². The zero-order valence-corrected chi connectivity index (χ0v) is 16.7. The van der Waals surface area contributed by atoms with Crippen molar-refractivity contribution in [2.45, 2.75) is 110 Å². The zero-order valence-electron chi connectivity index (χ0n) is 15.8. The molecular formula is C20H40O3S. The Labute approximate surface area is 151 Å². The highest BCUT2D eigenvalue weighted by molar-refractivity contribution is 7.85. The molecule has 3 nitrogen and oxygen atoms in total. The predicted octanol–water partition coefficient (Wildman–Crippen LogP) is 6.69. The van der Waals surface area contributed by atoms with E-state index in [4.69, 9.17) is 4.55 Å². The number of unbranched alkanes of at least 4 members (excludes halogenated alkanes) is 14. The zero-order chi connectivity index (χ0) is 17.9. The molecular weight excluding hydrogens is 320 g/mol. The summed E-state index contributed by atoms with van der Waals surface area (Å²) in [6, 6.07) is 0. The fourth-order valence-corrected chi connectivity index (χ4v) is 3.43. The second kappa shape index (κ2) is 17.5. The van der Waals surface area contributed by atoms with Crippen LogP contribution < -0.4 is 0 Å². The molecule has 4 heteroatoms. The van der Waals surface area contributed by atoms with Crippen molar-refractivity contribution < 1.29 is 13.0 Å². The monoisotopic (exact) mass is 360 g/mol. The lowest BCUT2D eigenvalue weighted by Crippen LogP contribution is -2.02. The summed E-state index contributed by atoms with van der Waals surface area (Å²) in [5.41, 5.74) is 0. The molecule has 0 aromatic carbocycles. The maximum absolute atomic E-state index is 10.5. The van der Waals surface area contributed by atoms with Crippen molar-refractivity contribution in [2.24, 2.45) is 0 Å². The first-order valence-corrected chi connectivity index (χ1v) is 11.8. The molecule has 0 aliphatic heterocycles. The summed E-state index contributed by atoms with van der Waals surface area (Å²) in [5, 5.41) is 0. The van der Waals surface area contributed by atoms with Gasteiger partial charge in [0, 0.05) is 0 Å². The molecule has 0 rings (SSSR count). The number of hydrogen-bond acceptors (Lipinski definition) is 2. The lowest BCUT2D eigenvalue weighted by atomic mass is 10.0. The fourth-order valence-electron chi connectivity index (χ4n) is 2.90. The average Bonchev–Trinajstić information content (AvgIpc) is 2.52. The summed E-state index contributed by atoms with van der Waals surface area (Å²) in [4.78, 5) is 0. The Kier molecular flexibility index (Phi) is 17.2. The lowest BCUT2D eigenvalue weighted by Gasteiger charge is -2.02. The minimum Gasteiger partial charge on any atom is -0.286 e. The van der Waals surface area contributed by atoms with Crippen LogP contribution in [-0.4, -0.2) is 18.7 Å². The van der Waals surface area contributed by atoms with Crippen molar-refractivity contribution in [3.8, 4) is 0 Å². The van der Waals surface area contributed by atoms with Crippen LogP contribution in [0.2, 0.25) is 0 Å². The van der Waals surface area contributed by atoms with Crippen molar-refractivity contribution in [1.29, 1.82) is 0 Å². The topological polar surface area (TPSA) is 54.4 Å². The molecule has 0 spiro atoms. The maximum atomic E-state index is 10.5. The summed E-state index contributed by atoms with van der Waals surface area (Å²) in [6.07, 6.45) is 24.4. The van der Waals surface area contributed by atoms with Gasteiger partial charge in [-0.25, -0.2) is 0 Å². The SMILES string of the molecule is CCCCCCCCCCCCCCCC=CCCCS(=O)(=O)O. The molecule has 0 amide bonds. The summed E-state index contributed by atoms with van der Waals surface area (Å²) in [7, 11) is -3.78. The fraction of sp³-hybridized carbons (Fsp3) is 0.900. The van der Waals surface area contributed by atoms with E-state index in [1.807, 2.05) is 6.08 Å². The molecule has 0 saturated heterocycles. The van der Waals surface area contributed by atoms with Gasteiger partial charge < -0.3 is 0 Å².